The highest BCUT2D eigenvalue weighted by atomic mass is 16.5. The van der Waals surface area contributed by atoms with Gasteiger partial charge in [0, 0.05) is 12.1 Å². The second kappa shape index (κ2) is 7.84. The number of hydrogen-bond donors (Lipinski definition) is 1. The van der Waals surface area contributed by atoms with Crippen molar-refractivity contribution in [2.75, 3.05) is 11.9 Å². The van der Waals surface area contributed by atoms with Gasteiger partial charge in [0.25, 0.3) is 0 Å². The number of benzene rings is 2. The molecule has 0 aromatic heterocycles. The fraction of sp³-hybridized carbons (Fsp3) is 0.222. The zero-order valence-electron chi connectivity index (χ0n) is 12.5. The Morgan fingerprint density at radius 1 is 1.18 bits per heavy atom. The van der Waals surface area contributed by atoms with Crippen molar-refractivity contribution in [1.29, 1.82) is 5.26 Å². The molecule has 2 aromatic carbocycles. The number of rotatable bonds is 6. The Morgan fingerprint density at radius 2 is 1.91 bits per heavy atom. The SMILES string of the molecule is Cc1ccccc1OCCCC(=O)Nc1ccc(C#N)cc1. The van der Waals surface area contributed by atoms with Gasteiger partial charge in [0.05, 0.1) is 18.2 Å². The standard InChI is InChI=1S/C18H18N2O2/c1-14-5-2-3-6-17(14)22-12-4-7-18(21)20-16-10-8-15(13-19)9-11-16/h2-3,5-6,8-11H,4,7,12H2,1H3,(H,20,21). The molecule has 0 saturated carbocycles. The Bertz CT molecular complexity index is 672. The van der Waals surface area contributed by atoms with Crippen LogP contribution in [-0.2, 0) is 4.79 Å². The van der Waals surface area contributed by atoms with Crippen molar-refractivity contribution < 1.29 is 9.53 Å². The Balaban J connectivity index is 1.71. The van der Waals surface area contributed by atoms with Gasteiger partial charge in [-0.25, -0.2) is 0 Å². The van der Waals surface area contributed by atoms with Crippen LogP contribution in [0.25, 0.3) is 0 Å². The molecule has 4 heteroatoms. The molecule has 0 spiro atoms. The van der Waals surface area contributed by atoms with Gasteiger partial charge in [0.1, 0.15) is 5.75 Å². The van der Waals surface area contributed by atoms with Gasteiger partial charge in [-0.1, -0.05) is 18.2 Å². The highest BCUT2D eigenvalue weighted by Crippen LogP contribution is 2.16. The van der Waals surface area contributed by atoms with Crippen LogP contribution < -0.4 is 10.1 Å². The van der Waals surface area contributed by atoms with Gasteiger partial charge >= 0.3 is 0 Å². The Hall–Kier alpha value is -2.80. The molecule has 0 radical (unpaired) electrons. The predicted molar refractivity (Wildman–Crippen MR) is 85.7 cm³/mol. The second-order valence-corrected chi connectivity index (χ2v) is 4.95. The van der Waals surface area contributed by atoms with Gasteiger partial charge in [0.15, 0.2) is 0 Å². The van der Waals surface area contributed by atoms with Crippen LogP contribution in [0.1, 0.15) is 24.0 Å². The molecule has 2 rings (SSSR count). The summed E-state index contributed by atoms with van der Waals surface area (Å²) >= 11 is 0. The average molecular weight is 294 g/mol. The highest BCUT2D eigenvalue weighted by molar-refractivity contribution is 5.90. The molecule has 2 aromatic rings. The summed E-state index contributed by atoms with van der Waals surface area (Å²) in [4.78, 5) is 11.8. The van der Waals surface area contributed by atoms with E-state index in [1.54, 1.807) is 24.3 Å². The lowest BCUT2D eigenvalue weighted by Crippen LogP contribution is -2.12. The van der Waals surface area contributed by atoms with Gasteiger partial charge < -0.3 is 10.1 Å². The maximum atomic E-state index is 11.8. The number of carbonyl (C=O) groups is 1. The first-order chi connectivity index (χ1) is 10.7. The summed E-state index contributed by atoms with van der Waals surface area (Å²) in [6, 6.07) is 16.7. The summed E-state index contributed by atoms with van der Waals surface area (Å²) in [6.07, 6.45) is 1.04. The normalized spacial score (nSPS) is 9.82. The number of aryl methyl sites for hydroxylation is 1. The van der Waals surface area contributed by atoms with E-state index in [-0.39, 0.29) is 5.91 Å². The molecular formula is C18H18N2O2. The Morgan fingerprint density at radius 3 is 2.59 bits per heavy atom. The molecular weight excluding hydrogens is 276 g/mol. The molecule has 0 saturated heterocycles. The zero-order chi connectivity index (χ0) is 15.8. The van der Waals surface area contributed by atoms with E-state index in [2.05, 4.69) is 5.32 Å². The van der Waals surface area contributed by atoms with E-state index in [0.29, 0.717) is 30.7 Å². The maximum absolute atomic E-state index is 11.8. The first kappa shape index (κ1) is 15.6. The van der Waals surface area contributed by atoms with Crippen molar-refractivity contribution >= 4 is 11.6 Å². The van der Waals surface area contributed by atoms with Gasteiger partial charge in [-0.15, -0.1) is 0 Å². The van der Waals surface area contributed by atoms with Crippen molar-refractivity contribution in [2.24, 2.45) is 0 Å². The van der Waals surface area contributed by atoms with Crippen LogP contribution in [-0.4, -0.2) is 12.5 Å². The summed E-state index contributed by atoms with van der Waals surface area (Å²) in [6.45, 7) is 2.50. The number of anilines is 1. The van der Waals surface area contributed by atoms with Gasteiger partial charge in [-0.05, 0) is 49.2 Å². The second-order valence-electron chi connectivity index (χ2n) is 4.95. The molecule has 1 amide bonds. The molecule has 0 unspecified atom stereocenters. The zero-order valence-corrected chi connectivity index (χ0v) is 12.5. The Kier molecular flexibility index (Phi) is 5.56. The van der Waals surface area contributed by atoms with Crippen LogP contribution in [0.2, 0.25) is 0 Å². The van der Waals surface area contributed by atoms with Crippen LogP contribution in [0.5, 0.6) is 5.75 Å². The first-order valence-corrected chi connectivity index (χ1v) is 7.17. The largest absolute Gasteiger partial charge is 0.493 e. The quantitative estimate of drug-likeness (QED) is 0.827. The van der Waals surface area contributed by atoms with Crippen LogP contribution in [0, 0.1) is 18.3 Å². The van der Waals surface area contributed by atoms with E-state index in [0.717, 1.165) is 11.3 Å². The lowest BCUT2D eigenvalue weighted by molar-refractivity contribution is -0.116. The lowest BCUT2D eigenvalue weighted by Gasteiger charge is -2.09. The van der Waals surface area contributed by atoms with Crippen molar-refractivity contribution in [3.05, 3.63) is 59.7 Å². The van der Waals surface area contributed by atoms with Crippen molar-refractivity contribution in [1.82, 2.24) is 0 Å². The maximum Gasteiger partial charge on any atom is 0.224 e. The highest BCUT2D eigenvalue weighted by Gasteiger charge is 2.03. The van der Waals surface area contributed by atoms with E-state index >= 15 is 0 Å². The number of hydrogen-bond acceptors (Lipinski definition) is 3. The molecule has 112 valence electrons. The van der Waals surface area contributed by atoms with E-state index < -0.39 is 0 Å². The van der Waals surface area contributed by atoms with Crippen LogP contribution in [0.4, 0.5) is 5.69 Å². The van der Waals surface area contributed by atoms with Crippen molar-refractivity contribution in [3.63, 3.8) is 0 Å². The lowest BCUT2D eigenvalue weighted by atomic mass is 10.2. The number of ether oxygens (including phenoxy) is 1. The summed E-state index contributed by atoms with van der Waals surface area (Å²) in [5.41, 5.74) is 2.36. The van der Waals surface area contributed by atoms with Crippen LogP contribution >= 0.6 is 0 Å². The van der Waals surface area contributed by atoms with Crippen LogP contribution in [0.15, 0.2) is 48.5 Å². The fourth-order valence-corrected chi connectivity index (χ4v) is 1.98. The predicted octanol–water partition coefficient (Wildman–Crippen LogP) is 3.66. The van der Waals surface area contributed by atoms with Crippen LogP contribution in [0.3, 0.4) is 0 Å². The van der Waals surface area contributed by atoms with E-state index in [1.165, 1.54) is 0 Å². The molecule has 1 N–H and O–H groups in total. The molecule has 0 aliphatic carbocycles. The molecule has 22 heavy (non-hydrogen) atoms. The third-order valence-electron chi connectivity index (χ3n) is 3.20. The third kappa shape index (κ3) is 4.64. The molecule has 0 atom stereocenters. The third-order valence-corrected chi connectivity index (χ3v) is 3.20. The minimum atomic E-state index is -0.0573. The Labute approximate surface area is 130 Å². The van der Waals surface area contributed by atoms with Crippen molar-refractivity contribution in [2.45, 2.75) is 19.8 Å². The monoisotopic (exact) mass is 294 g/mol. The van der Waals surface area contributed by atoms with E-state index in [1.807, 2.05) is 37.3 Å². The number of nitriles is 1. The number of nitrogens with zero attached hydrogens (tertiary/aromatic N) is 1. The molecule has 0 aliphatic heterocycles. The minimum absolute atomic E-state index is 0.0573. The van der Waals surface area contributed by atoms with Gasteiger partial charge in [-0.3, -0.25) is 4.79 Å². The molecule has 0 bridgehead atoms. The van der Waals surface area contributed by atoms with E-state index in [4.69, 9.17) is 10.00 Å². The number of amides is 1. The van der Waals surface area contributed by atoms with Gasteiger partial charge in [0.2, 0.25) is 5.91 Å². The topological polar surface area (TPSA) is 62.1 Å². The number of para-hydroxylation sites is 1. The molecule has 4 nitrogen and oxygen atoms in total. The number of carbonyl (C=O) groups excluding carboxylic acids is 1. The number of nitrogens with one attached hydrogen (secondary N) is 1. The minimum Gasteiger partial charge on any atom is -0.493 e. The van der Waals surface area contributed by atoms with E-state index in [9.17, 15) is 4.79 Å². The summed E-state index contributed by atoms with van der Waals surface area (Å²) in [5, 5.41) is 11.5. The first-order valence-electron chi connectivity index (χ1n) is 7.17. The summed E-state index contributed by atoms with van der Waals surface area (Å²) in [7, 11) is 0. The van der Waals surface area contributed by atoms with Crippen molar-refractivity contribution in [3.8, 4) is 11.8 Å². The summed E-state index contributed by atoms with van der Waals surface area (Å²) < 4.78 is 5.65. The fourth-order valence-electron chi connectivity index (χ4n) is 1.98. The molecule has 0 heterocycles. The smallest absolute Gasteiger partial charge is 0.224 e. The summed E-state index contributed by atoms with van der Waals surface area (Å²) in [5.74, 6) is 0.799. The molecule has 0 aliphatic rings. The van der Waals surface area contributed by atoms with Gasteiger partial charge in [-0.2, -0.15) is 5.26 Å². The average Bonchev–Trinajstić information content (AvgIpc) is 2.54. The molecule has 0 fully saturated rings.